The number of hydrogen-bond acceptors (Lipinski definition) is 9. The van der Waals surface area contributed by atoms with E-state index in [2.05, 4.69) is 21.7 Å². The van der Waals surface area contributed by atoms with E-state index in [1.807, 2.05) is 23.1 Å². The first-order chi connectivity index (χ1) is 23.6. The number of nitrogens with zero attached hydrogens (tertiary/aromatic N) is 5. The third-order valence-corrected chi connectivity index (χ3v) is 10.7. The molecule has 0 N–H and O–H groups in total. The number of allylic oxidation sites excluding steroid dienone is 1. The van der Waals surface area contributed by atoms with Crippen molar-refractivity contribution in [3.05, 3.63) is 95.6 Å². The molecule has 1 amide bonds. The predicted molar refractivity (Wildman–Crippen MR) is 192 cm³/mol. The highest BCUT2D eigenvalue weighted by atomic mass is 35.5. The summed E-state index contributed by atoms with van der Waals surface area (Å²) >= 11 is 7.60. The predicted octanol–water partition coefficient (Wildman–Crippen LogP) is 3.85. The minimum atomic E-state index is -0.737. The fourth-order valence-corrected chi connectivity index (χ4v) is 8.07. The summed E-state index contributed by atoms with van der Waals surface area (Å²) in [6.45, 7) is 14.6. The van der Waals surface area contributed by atoms with Gasteiger partial charge in [0.25, 0.3) is 11.5 Å². The molecule has 0 aliphatic carbocycles. The summed E-state index contributed by atoms with van der Waals surface area (Å²) < 4.78 is 13.4. The summed E-state index contributed by atoms with van der Waals surface area (Å²) in [6.07, 6.45) is 3.46. The molecule has 0 spiro atoms. The van der Waals surface area contributed by atoms with E-state index in [9.17, 15) is 14.4 Å². The first-order valence-corrected chi connectivity index (χ1v) is 18.3. The van der Waals surface area contributed by atoms with Crippen LogP contribution in [0.15, 0.2) is 69.6 Å². The van der Waals surface area contributed by atoms with Crippen molar-refractivity contribution in [3.63, 3.8) is 0 Å². The van der Waals surface area contributed by atoms with Gasteiger partial charge in [-0.1, -0.05) is 54.1 Å². The van der Waals surface area contributed by atoms with Crippen LogP contribution in [0.4, 0.5) is 0 Å². The van der Waals surface area contributed by atoms with E-state index >= 15 is 0 Å². The van der Waals surface area contributed by atoms with Crippen LogP contribution in [-0.4, -0.2) is 95.7 Å². The Bertz CT molecular complexity index is 1890. The molecule has 1 unspecified atom stereocenters. The molecule has 260 valence electrons. The van der Waals surface area contributed by atoms with Crippen LogP contribution in [0, 0.1) is 0 Å². The molecule has 0 radical (unpaired) electrons. The Morgan fingerprint density at radius 3 is 2.41 bits per heavy atom. The number of carbonyl (C=O) groups is 2. The van der Waals surface area contributed by atoms with Gasteiger partial charge in [-0.3, -0.25) is 19.1 Å². The van der Waals surface area contributed by atoms with Crippen molar-refractivity contribution in [2.45, 2.75) is 58.7 Å². The van der Waals surface area contributed by atoms with Gasteiger partial charge >= 0.3 is 5.97 Å². The zero-order chi connectivity index (χ0) is 34.7. The van der Waals surface area contributed by atoms with Crippen molar-refractivity contribution < 1.29 is 19.1 Å². The van der Waals surface area contributed by atoms with E-state index in [4.69, 9.17) is 21.1 Å². The number of aromatic nitrogens is 1. The summed E-state index contributed by atoms with van der Waals surface area (Å²) in [5.74, 6) is 0.0660. The highest BCUT2D eigenvalue weighted by Crippen LogP contribution is 2.32. The highest BCUT2D eigenvalue weighted by Gasteiger charge is 2.34. The number of rotatable bonds is 9. The average molecular weight is 706 g/mol. The molecule has 2 aromatic carbocycles. The fourth-order valence-electron chi connectivity index (χ4n) is 6.83. The molecular weight excluding hydrogens is 662 g/mol. The number of likely N-dealkylation sites (N-methyl/N-ethyl adjacent to an activating group) is 1. The van der Waals surface area contributed by atoms with Gasteiger partial charge in [-0.25, -0.2) is 9.79 Å². The van der Waals surface area contributed by atoms with Crippen molar-refractivity contribution >= 4 is 40.9 Å². The number of fused-ring (bicyclic) bond motifs is 1. The number of ether oxygens (including phenoxy) is 2. The SMILES string of the molecule is CCN1CCN(C2CCN(C(=O)COc3ccc(/C=c4\sc5n(c4=O)C(c4cccc(Cl)c4)C(C(=O)OC(C)C)=C(C)N=5)cc3)CC2)CC1. The molecule has 10 nitrogen and oxygen atoms in total. The second-order valence-corrected chi connectivity index (χ2v) is 14.5. The van der Waals surface area contributed by atoms with Crippen LogP contribution >= 0.6 is 22.9 Å². The molecule has 12 heteroatoms. The minimum absolute atomic E-state index is 0.000588. The van der Waals surface area contributed by atoms with Gasteiger partial charge < -0.3 is 19.3 Å². The molecule has 2 fully saturated rings. The zero-order valence-electron chi connectivity index (χ0n) is 28.6. The summed E-state index contributed by atoms with van der Waals surface area (Å²) in [7, 11) is 0. The van der Waals surface area contributed by atoms with Crippen molar-refractivity contribution in [2.24, 2.45) is 4.99 Å². The monoisotopic (exact) mass is 705 g/mol. The number of hydrogen-bond donors (Lipinski definition) is 0. The Morgan fingerprint density at radius 1 is 1.04 bits per heavy atom. The van der Waals surface area contributed by atoms with Gasteiger partial charge in [-0.2, -0.15) is 0 Å². The lowest BCUT2D eigenvalue weighted by Crippen LogP contribution is -2.54. The van der Waals surface area contributed by atoms with Crippen molar-refractivity contribution in [1.82, 2.24) is 19.3 Å². The Labute approximate surface area is 295 Å². The van der Waals surface area contributed by atoms with Crippen LogP contribution in [0.3, 0.4) is 0 Å². The topological polar surface area (TPSA) is 96.7 Å². The van der Waals surface area contributed by atoms with Crippen molar-refractivity contribution in [2.75, 3.05) is 52.4 Å². The largest absolute Gasteiger partial charge is 0.484 e. The number of carbonyl (C=O) groups excluding carboxylic acids is 2. The van der Waals surface area contributed by atoms with Crippen LogP contribution in [0.5, 0.6) is 5.75 Å². The first-order valence-electron chi connectivity index (χ1n) is 17.1. The van der Waals surface area contributed by atoms with E-state index in [-0.39, 0.29) is 24.2 Å². The first kappa shape index (κ1) is 35.1. The number of benzene rings is 2. The number of esters is 1. The molecule has 3 aliphatic heterocycles. The molecule has 6 rings (SSSR count). The second-order valence-electron chi connectivity index (χ2n) is 13.0. The summed E-state index contributed by atoms with van der Waals surface area (Å²) in [5.41, 5.74) is 2.01. The zero-order valence-corrected chi connectivity index (χ0v) is 30.1. The third-order valence-electron chi connectivity index (χ3n) is 9.48. The van der Waals surface area contributed by atoms with Crippen LogP contribution in [0.25, 0.3) is 6.08 Å². The second kappa shape index (κ2) is 15.4. The van der Waals surface area contributed by atoms with E-state index in [1.165, 1.54) is 11.3 Å². The van der Waals surface area contributed by atoms with E-state index in [0.29, 0.717) is 43.0 Å². The van der Waals surface area contributed by atoms with Gasteiger partial charge in [0.1, 0.15) is 5.75 Å². The third kappa shape index (κ3) is 8.01. The number of amides is 1. The standard InChI is InChI=1S/C37H44ClN5O5S/c1-5-40-17-19-41(20-18-40)29-13-15-42(16-14-29)32(44)23-47-30-11-9-26(10-12-30)21-31-35(45)43-34(27-7-6-8-28(38)22-27)33(36(46)48-24(2)3)25(4)39-37(43)49-31/h6-12,21-22,24,29,34H,5,13-20,23H2,1-4H3/b31-21-. The number of piperazine rings is 1. The number of thiazole rings is 1. The Morgan fingerprint density at radius 2 is 1.76 bits per heavy atom. The van der Waals surface area contributed by atoms with Crippen LogP contribution < -0.4 is 19.6 Å². The van der Waals surface area contributed by atoms with Gasteiger partial charge in [0, 0.05) is 50.3 Å². The van der Waals surface area contributed by atoms with Crippen LogP contribution in [-0.2, 0) is 14.3 Å². The maximum absolute atomic E-state index is 13.9. The quantitative estimate of drug-likeness (QED) is 0.312. The Balaban J connectivity index is 1.13. The Kier molecular flexibility index (Phi) is 11.0. The smallest absolute Gasteiger partial charge is 0.338 e. The van der Waals surface area contributed by atoms with Crippen LogP contribution in [0.2, 0.25) is 5.02 Å². The lowest BCUT2D eigenvalue weighted by atomic mass is 9.96. The lowest BCUT2D eigenvalue weighted by molar-refractivity contribution is -0.143. The summed E-state index contributed by atoms with van der Waals surface area (Å²) in [5, 5.41) is 0.496. The van der Waals surface area contributed by atoms with Crippen molar-refractivity contribution in [3.8, 4) is 5.75 Å². The van der Waals surface area contributed by atoms with E-state index in [1.54, 1.807) is 61.7 Å². The average Bonchev–Trinajstić information content (AvgIpc) is 3.40. The normalized spacial score (nSPS) is 19.6. The van der Waals surface area contributed by atoms with Crippen LogP contribution in [0.1, 0.15) is 57.7 Å². The van der Waals surface area contributed by atoms with E-state index < -0.39 is 12.0 Å². The van der Waals surface area contributed by atoms with E-state index in [0.717, 1.165) is 64.2 Å². The van der Waals surface area contributed by atoms with Gasteiger partial charge in [0.15, 0.2) is 11.4 Å². The maximum atomic E-state index is 13.9. The molecular formula is C37H44ClN5O5S. The van der Waals surface area contributed by atoms with Gasteiger partial charge in [0.2, 0.25) is 0 Å². The molecule has 1 atom stereocenters. The maximum Gasteiger partial charge on any atom is 0.338 e. The molecule has 3 aromatic rings. The lowest BCUT2D eigenvalue weighted by Gasteiger charge is -2.42. The van der Waals surface area contributed by atoms with Gasteiger partial charge in [-0.05, 0) is 81.6 Å². The molecule has 49 heavy (non-hydrogen) atoms. The molecule has 3 aliphatic rings. The molecule has 4 heterocycles. The van der Waals surface area contributed by atoms with Gasteiger partial charge in [-0.15, -0.1) is 0 Å². The highest BCUT2D eigenvalue weighted by molar-refractivity contribution is 7.07. The Hall–Kier alpha value is -3.77. The fraction of sp³-hybridized carbons (Fsp3) is 0.459. The molecule has 1 aromatic heterocycles. The molecule has 0 saturated carbocycles. The number of piperidine rings is 1. The summed E-state index contributed by atoms with van der Waals surface area (Å²) in [6, 6.07) is 14.3. The molecule has 0 bridgehead atoms. The van der Waals surface area contributed by atoms with Crippen molar-refractivity contribution in [1.29, 1.82) is 0 Å². The van der Waals surface area contributed by atoms with Gasteiger partial charge in [0.05, 0.1) is 27.9 Å². The summed E-state index contributed by atoms with van der Waals surface area (Å²) in [4.78, 5) is 52.3. The molecule has 2 saturated heterocycles. The number of halogens is 1. The minimum Gasteiger partial charge on any atom is -0.484 e. The number of likely N-dealkylation sites (tertiary alicyclic amines) is 1.